The van der Waals surface area contributed by atoms with Crippen LogP contribution in [0.4, 0.5) is 24.5 Å². The molecule has 10 heteroatoms. The third-order valence-corrected chi connectivity index (χ3v) is 5.64. The van der Waals surface area contributed by atoms with Crippen LogP contribution in [0.2, 0.25) is 0 Å². The van der Waals surface area contributed by atoms with Gasteiger partial charge in [-0.15, -0.1) is 0 Å². The topological polar surface area (TPSA) is 115 Å². The van der Waals surface area contributed by atoms with E-state index in [4.69, 9.17) is 11.5 Å². The Morgan fingerprint density at radius 1 is 1.06 bits per heavy atom. The summed E-state index contributed by atoms with van der Waals surface area (Å²) in [4.78, 5) is 26.0. The van der Waals surface area contributed by atoms with Gasteiger partial charge in [-0.1, -0.05) is 6.92 Å². The van der Waals surface area contributed by atoms with Crippen LogP contribution < -0.4 is 21.8 Å². The van der Waals surface area contributed by atoms with Gasteiger partial charge in [0, 0.05) is 36.8 Å². The molecule has 1 aliphatic heterocycles. The standard InChI is InChI=1S/C21H19F3N4O3/c1-9-6-27(8-16(9)26)18-5-17-10(2-13(18)23)20(29)11(21(30)31)7-28(17)19-4-15(25)12(22)3-14(19)24/h2-5,7,9,16H,6,8,25-26H2,1H3,(H,30,31)/t9-,16-/m0/s1. The van der Waals surface area contributed by atoms with E-state index in [0.29, 0.717) is 19.2 Å². The number of nitrogens with two attached hydrogens (primary N) is 2. The van der Waals surface area contributed by atoms with E-state index in [0.717, 1.165) is 22.9 Å². The fourth-order valence-electron chi connectivity index (χ4n) is 3.86. The molecular formula is C21H19F3N4O3. The van der Waals surface area contributed by atoms with Crippen molar-refractivity contribution in [1.82, 2.24) is 4.57 Å². The number of aromatic nitrogens is 1. The van der Waals surface area contributed by atoms with Gasteiger partial charge in [-0.2, -0.15) is 0 Å². The molecule has 1 fully saturated rings. The van der Waals surface area contributed by atoms with Gasteiger partial charge >= 0.3 is 5.97 Å². The number of nitrogen functional groups attached to an aromatic ring is 1. The summed E-state index contributed by atoms with van der Waals surface area (Å²) in [6.45, 7) is 2.77. The average molecular weight is 432 g/mol. The summed E-state index contributed by atoms with van der Waals surface area (Å²) in [6, 6.07) is 3.62. The fourth-order valence-corrected chi connectivity index (χ4v) is 3.86. The molecule has 2 heterocycles. The molecule has 1 aliphatic rings. The van der Waals surface area contributed by atoms with Crippen LogP contribution in [0.1, 0.15) is 17.3 Å². The number of hydrogen-bond donors (Lipinski definition) is 3. The minimum Gasteiger partial charge on any atom is -0.477 e. The molecule has 162 valence electrons. The lowest BCUT2D eigenvalue weighted by Gasteiger charge is -2.21. The number of carboxylic acid groups (broad SMARTS) is 1. The van der Waals surface area contributed by atoms with E-state index < -0.39 is 34.4 Å². The highest BCUT2D eigenvalue weighted by atomic mass is 19.1. The maximum atomic E-state index is 14.9. The number of hydrogen-bond acceptors (Lipinski definition) is 5. The number of carboxylic acids is 1. The Balaban J connectivity index is 2.05. The van der Waals surface area contributed by atoms with Crippen molar-refractivity contribution in [3.05, 3.63) is 63.7 Å². The molecule has 4 rings (SSSR count). The summed E-state index contributed by atoms with van der Waals surface area (Å²) in [5.41, 5.74) is 9.51. The predicted molar refractivity (Wildman–Crippen MR) is 110 cm³/mol. The first-order valence-corrected chi connectivity index (χ1v) is 9.46. The van der Waals surface area contributed by atoms with Crippen molar-refractivity contribution >= 4 is 28.2 Å². The van der Waals surface area contributed by atoms with Crippen LogP contribution >= 0.6 is 0 Å². The monoisotopic (exact) mass is 432 g/mol. The lowest BCUT2D eigenvalue weighted by molar-refractivity contribution is 0.0695. The van der Waals surface area contributed by atoms with Crippen molar-refractivity contribution < 1.29 is 23.1 Å². The molecule has 0 unspecified atom stereocenters. The molecule has 1 aromatic heterocycles. The van der Waals surface area contributed by atoms with Crippen LogP contribution in [0.25, 0.3) is 16.6 Å². The zero-order chi connectivity index (χ0) is 22.6. The number of aromatic carboxylic acids is 1. The Morgan fingerprint density at radius 3 is 2.35 bits per heavy atom. The first-order valence-electron chi connectivity index (χ1n) is 9.46. The van der Waals surface area contributed by atoms with Crippen LogP contribution in [-0.2, 0) is 0 Å². The summed E-state index contributed by atoms with van der Waals surface area (Å²) >= 11 is 0. The number of rotatable bonds is 3. The van der Waals surface area contributed by atoms with Gasteiger partial charge in [-0.05, 0) is 24.1 Å². The molecule has 2 atom stereocenters. The highest BCUT2D eigenvalue weighted by Gasteiger charge is 2.29. The molecule has 0 saturated carbocycles. The number of fused-ring (bicyclic) bond motifs is 1. The maximum absolute atomic E-state index is 14.9. The first kappa shape index (κ1) is 20.7. The number of carbonyl (C=O) groups is 1. The van der Waals surface area contributed by atoms with Crippen molar-refractivity contribution in [2.45, 2.75) is 13.0 Å². The Kier molecular flexibility index (Phi) is 4.89. The summed E-state index contributed by atoms with van der Waals surface area (Å²) in [5, 5.41) is 9.15. The van der Waals surface area contributed by atoms with Gasteiger partial charge in [-0.25, -0.2) is 18.0 Å². The van der Waals surface area contributed by atoms with Crippen LogP contribution in [0.3, 0.4) is 0 Å². The van der Waals surface area contributed by atoms with Gasteiger partial charge in [0.15, 0.2) is 0 Å². The van der Waals surface area contributed by atoms with Crippen molar-refractivity contribution in [3.8, 4) is 5.69 Å². The van der Waals surface area contributed by atoms with Crippen molar-refractivity contribution in [1.29, 1.82) is 0 Å². The largest absolute Gasteiger partial charge is 0.477 e. The van der Waals surface area contributed by atoms with Crippen LogP contribution in [-0.4, -0.2) is 34.8 Å². The van der Waals surface area contributed by atoms with Gasteiger partial charge < -0.3 is 26.0 Å². The second-order valence-corrected chi connectivity index (χ2v) is 7.74. The highest BCUT2D eigenvalue weighted by Crippen LogP contribution is 2.31. The molecule has 0 aliphatic carbocycles. The molecule has 0 bridgehead atoms. The van der Waals surface area contributed by atoms with E-state index in [1.807, 2.05) is 6.92 Å². The Morgan fingerprint density at radius 2 is 1.74 bits per heavy atom. The van der Waals surface area contributed by atoms with Crippen LogP contribution in [0, 0.1) is 23.4 Å². The smallest absolute Gasteiger partial charge is 0.341 e. The third-order valence-electron chi connectivity index (χ3n) is 5.64. The molecule has 0 amide bonds. The van der Waals surface area contributed by atoms with E-state index >= 15 is 0 Å². The number of halogens is 3. The van der Waals surface area contributed by atoms with E-state index in [1.165, 1.54) is 6.07 Å². The van der Waals surface area contributed by atoms with E-state index in [1.54, 1.807) is 4.90 Å². The van der Waals surface area contributed by atoms with Crippen LogP contribution in [0.5, 0.6) is 0 Å². The second-order valence-electron chi connectivity index (χ2n) is 7.74. The molecule has 0 radical (unpaired) electrons. The number of nitrogens with zero attached hydrogens (tertiary/aromatic N) is 2. The minimum absolute atomic E-state index is 0.0458. The quantitative estimate of drug-likeness (QED) is 0.548. The van der Waals surface area contributed by atoms with Crippen LogP contribution in [0.15, 0.2) is 35.3 Å². The molecule has 31 heavy (non-hydrogen) atoms. The molecule has 5 N–H and O–H groups in total. The summed E-state index contributed by atoms with van der Waals surface area (Å²) < 4.78 is 44.3. The molecule has 2 aromatic carbocycles. The van der Waals surface area contributed by atoms with Gasteiger partial charge in [0.2, 0.25) is 5.43 Å². The first-order chi connectivity index (χ1) is 14.6. The minimum atomic E-state index is -1.57. The predicted octanol–water partition coefficient (Wildman–Crippen LogP) is 2.47. The lowest BCUT2D eigenvalue weighted by atomic mass is 10.1. The number of pyridine rings is 1. The third kappa shape index (κ3) is 3.38. The molecular weight excluding hydrogens is 413 g/mol. The Bertz CT molecular complexity index is 1280. The average Bonchev–Trinajstić information content (AvgIpc) is 3.03. The summed E-state index contributed by atoms with van der Waals surface area (Å²) in [5.74, 6) is -4.23. The molecule has 0 spiro atoms. The Labute approximate surface area is 174 Å². The zero-order valence-electron chi connectivity index (χ0n) is 16.4. The summed E-state index contributed by atoms with van der Waals surface area (Å²) in [6.07, 6.45) is 0.919. The van der Waals surface area contributed by atoms with E-state index in [9.17, 15) is 27.9 Å². The highest BCUT2D eigenvalue weighted by molar-refractivity contribution is 5.94. The van der Waals surface area contributed by atoms with E-state index in [2.05, 4.69) is 0 Å². The lowest BCUT2D eigenvalue weighted by Crippen LogP contribution is -2.29. The molecule has 3 aromatic rings. The number of anilines is 2. The fraction of sp³-hybridized carbons (Fsp3) is 0.238. The van der Waals surface area contributed by atoms with Gasteiger partial charge in [-0.3, -0.25) is 4.79 Å². The molecule has 7 nitrogen and oxygen atoms in total. The Hall–Kier alpha value is -3.53. The van der Waals surface area contributed by atoms with Crippen molar-refractivity contribution in [2.75, 3.05) is 23.7 Å². The maximum Gasteiger partial charge on any atom is 0.341 e. The zero-order valence-corrected chi connectivity index (χ0v) is 16.4. The number of benzene rings is 2. The molecule has 1 saturated heterocycles. The SMILES string of the molecule is C[C@H]1CN(c2cc3c(cc2F)c(=O)c(C(=O)O)cn3-c2cc(N)c(F)cc2F)C[C@@H]1N. The van der Waals surface area contributed by atoms with Crippen molar-refractivity contribution in [2.24, 2.45) is 11.7 Å². The normalized spacial score (nSPS) is 18.7. The summed E-state index contributed by atoms with van der Waals surface area (Å²) in [7, 11) is 0. The van der Waals surface area contributed by atoms with E-state index in [-0.39, 0.29) is 39.9 Å². The van der Waals surface area contributed by atoms with Gasteiger partial charge in [0.1, 0.15) is 23.0 Å². The van der Waals surface area contributed by atoms with Crippen molar-refractivity contribution in [3.63, 3.8) is 0 Å². The second kappa shape index (κ2) is 7.31. The van der Waals surface area contributed by atoms with Gasteiger partial charge in [0.05, 0.1) is 22.6 Å². The van der Waals surface area contributed by atoms with Gasteiger partial charge in [0.25, 0.3) is 0 Å².